The van der Waals surface area contributed by atoms with E-state index in [1.165, 1.54) is 0 Å². The monoisotopic (exact) mass is 416 g/mol. The number of unbranched alkanes of at least 4 members (excludes halogenated alkanes) is 1. The minimum atomic E-state index is -0.979. The van der Waals surface area contributed by atoms with E-state index in [0.29, 0.717) is 17.6 Å². The van der Waals surface area contributed by atoms with Gasteiger partial charge in [-0.25, -0.2) is 4.79 Å². The zero-order valence-corrected chi connectivity index (χ0v) is 18.4. The summed E-state index contributed by atoms with van der Waals surface area (Å²) in [5.41, 5.74) is 0.997. The summed E-state index contributed by atoms with van der Waals surface area (Å²) >= 11 is 0. The van der Waals surface area contributed by atoms with Crippen LogP contribution in [0.15, 0.2) is 36.4 Å². The summed E-state index contributed by atoms with van der Waals surface area (Å²) in [5.74, 6) is 0.260. The summed E-state index contributed by atoms with van der Waals surface area (Å²) < 4.78 is 11.6. The van der Waals surface area contributed by atoms with Crippen LogP contribution < -0.4 is 4.74 Å². The molecule has 5 heteroatoms. The normalized spacial score (nSPS) is 26.9. The van der Waals surface area contributed by atoms with Crippen molar-refractivity contribution in [3.05, 3.63) is 42.0 Å². The summed E-state index contributed by atoms with van der Waals surface area (Å²) in [6, 6.07) is 7.68. The number of aliphatic carboxylic acids is 1. The predicted octanol–water partition coefficient (Wildman–Crippen LogP) is 4.62. The summed E-state index contributed by atoms with van der Waals surface area (Å²) in [5, 5.41) is 19.6. The van der Waals surface area contributed by atoms with Crippen molar-refractivity contribution in [2.45, 2.75) is 77.6 Å². The van der Waals surface area contributed by atoms with E-state index in [1.807, 2.05) is 18.2 Å². The Balaban J connectivity index is 1.67. The second-order valence-electron chi connectivity index (χ2n) is 9.49. The number of hydrogen-bond donors (Lipinski definition) is 2. The number of carboxylic acids is 1. The molecule has 2 heterocycles. The standard InChI is InChI=1S/C25H36O5/c1-4-5-13-25(2,3)23(26)12-9-19-20(22-11-10-21(19)30-22)15-17-7-6-8-18(14-17)29-16-24(27)28/h6-9,12,14,19-23,26H,4-5,10-11,13,15-16H2,1-3H3,(H,27,28)/t19-,20+,21-,22+,23?/m1/s1. The number of carboxylic acid groups (broad SMARTS) is 1. The van der Waals surface area contributed by atoms with Crippen LogP contribution in [0.25, 0.3) is 0 Å². The van der Waals surface area contributed by atoms with Crippen molar-refractivity contribution in [3.63, 3.8) is 0 Å². The van der Waals surface area contributed by atoms with Crippen molar-refractivity contribution < 1.29 is 24.5 Å². The predicted molar refractivity (Wildman–Crippen MR) is 117 cm³/mol. The van der Waals surface area contributed by atoms with Gasteiger partial charge in [-0.05, 0) is 54.7 Å². The topological polar surface area (TPSA) is 76.0 Å². The van der Waals surface area contributed by atoms with Crippen LogP contribution in [-0.4, -0.2) is 41.1 Å². The zero-order chi connectivity index (χ0) is 21.7. The van der Waals surface area contributed by atoms with Gasteiger partial charge in [-0.3, -0.25) is 0 Å². The molecular weight excluding hydrogens is 380 g/mol. The minimum Gasteiger partial charge on any atom is -0.482 e. The molecule has 0 amide bonds. The Labute approximate surface area is 180 Å². The maximum atomic E-state index is 10.8. The van der Waals surface area contributed by atoms with Gasteiger partial charge in [0.25, 0.3) is 0 Å². The fourth-order valence-corrected chi connectivity index (χ4v) is 4.80. The Hall–Kier alpha value is -1.85. The molecule has 2 N–H and O–H groups in total. The Morgan fingerprint density at radius 1 is 1.33 bits per heavy atom. The second kappa shape index (κ2) is 9.97. The number of carbonyl (C=O) groups is 1. The second-order valence-corrected chi connectivity index (χ2v) is 9.49. The Morgan fingerprint density at radius 2 is 2.10 bits per heavy atom. The van der Waals surface area contributed by atoms with Crippen LogP contribution in [0.5, 0.6) is 5.75 Å². The largest absolute Gasteiger partial charge is 0.482 e. The molecule has 2 aliphatic rings. The lowest BCUT2D eigenvalue weighted by Gasteiger charge is -2.30. The van der Waals surface area contributed by atoms with Crippen molar-refractivity contribution in [1.82, 2.24) is 0 Å². The lowest BCUT2D eigenvalue weighted by molar-refractivity contribution is -0.139. The Kier molecular flexibility index (Phi) is 7.59. The fraction of sp³-hybridized carbons (Fsp3) is 0.640. The fourth-order valence-electron chi connectivity index (χ4n) is 4.80. The summed E-state index contributed by atoms with van der Waals surface area (Å²) in [7, 11) is 0. The highest BCUT2D eigenvalue weighted by molar-refractivity contribution is 5.68. The Morgan fingerprint density at radius 3 is 2.83 bits per heavy atom. The first kappa shape index (κ1) is 22.8. The number of aliphatic hydroxyl groups excluding tert-OH is 1. The lowest BCUT2D eigenvalue weighted by atomic mass is 9.75. The molecule has 1 unspecified atom stereocenters. The molecule has 2 aliphatic heterocycles. The van der Waals surface area contributed by atoms with E-state index in [9.17, 15) is 9.90 Å². The van der Waals surface area contributed by atoms with Gasteiger partial charge in [0.15, 0.2) is 6.61 Å². The van der Waals surface area contributed by atoms with Crippen LogP contribution in [0.2, 0.25) is 0 Å². The van der Waals surface area contributed by atoms with E-state index >= 15 is 0 Å². The van der Waals surface area contributed by atoms with Crippen LogP contribution in [0.3, 0.4) is 0 Å². The maximum Gasteiger partial charge on any atom is 0.341 e. The third-order valence-corrected chi connectivity index (χ3v) is 6.71. The van der Waals surface area contributed by atoms with Crippen LogP contribution in [0, 0.1) is 17.3 Å². The zero-order valence-electron chi connectivity index (χ0n) is 18.4. The average Bonchev–Trinajstić information content (AvgIpc) is 3.31. The van der Waals surface area contributed by atoms with Gasteiger partial charge < -0.3 is 19.7 Å². The Bertz CT molecular complexity index is 741. The van der Waals surface area contributed by atoms with Gasteiger partial charge in [0, 0.05) is 5.92 Å². The first-order valence-electron chi connectivity index (χ1n) is 11.3. The molecule has 166 valence electrons. The molecule has 2 saturated heterocycles. The quantitative estimate of drug-likeness (QED) is 0.515. The van der Waals surface area contributed by atoms with Crippen LogP contribution in [0.1, 0.15) is 58.4 Å². The number of rotatable bonds is 11. The van der Waals surface area contributed by atoms with Gasteiger partial charge in [-0.1, -0.05) is 57.9 Å². The summed E-state index contributed by atoms with van der Waals surface area (Å²) in [6.45, 7) is 6.11. The average molecular weight is 417 g/mol. The van der Waals surface area contributed by atoms with E-state index in [0.717, 1.165) is 44.1 Å². The smallest absolute Gasteiger partial charge is 0.341 e. The maximum absolute atomic E-state index is 10.8. The van der Waals surface area contributed by atoms with E-state index in [2.05, 4.69) is 32.9 Å². The van der Waals surface area contributed by atoms with Crippen molar-refractivity contribution in [2.75, 3.05) is 6.61 Å². The van der Waals surface area contributed by atoms with Gasteiger partial charge in [0.2, 0.25) is 0 Å². The molecule has 1 aromatic carbocycles. The van der Waals surface area contributed by atoms with Gasteiger partial charge in [0.1, 0.15) is 5.75 Å². The summed E-state index contributed by atoms with van der Waals surface area (Å²) in [6.07, 6.45) is 10.5. The van der Waals surface area contributed by atoms with Gasteiger partial charge in [0.05, 0.1) is 18.3 Å². The number of benzene rings is 1. The summed E-state index contributed by atoms with van der Waals surface area (Å²) in [4.78, 5) is 10.8. The molecule has 0 saturated carbocycles. The lowest BCUT2D eigenvalue weighted by Crippen LogP contribution is -2.30. The molecule has 5 nitrogen and oxygen atoms in total. The van der Waals surface area contributed by atoms with Crippen molar-refractivity contribution in [1.29, 1.82) is 0 Å². The number of hydrogen-bond acceptors (Lipinski definition) is 4. The first-order chi connectivity index (χ1) is 14.3. The SMILES string of the molecule is CCCCC(C)(C)C(O)C=C[C@@H]1[C@H](Cc2cccc(OCC(=O)O)c2)[C@@H]2CC[C@H]1O2. The molecule has 0 radical (unpaired) electrons. The molecule has 30 heavy (non-hydrogen) atoms. The number of fused-ring (bicyclic) bond motifs is 2. The molecule has 0 spiro atoms. The molecule has 0 aromatic heterocycles. The molecule has 0 aliphatic carbocycles. The molecule has 5 atom stereocenters. The van der Waals surface area contributed by atoms with Crippen LogP contribution >= 0.6 is 0 Å². The molecule has 2 bridgehead atoms. The van der Waals surface area contributed by atoms with E-state index < -0.39 is 12.1 Å². The molecular formula is C25H36O5. The van der Waals surface area contributed by atoms with Crippen LogP contribution in [-0.2, 0) is 16.0 Å². The molecule has 3 rings (SSSR count). The van der Waals surface area contributed by atoms with Crippen molar-refractivity contribution >= 4 is 5.97 Å². The molecule has 2 fully saturated rings. The number of ether oxygens (including phenoxy) is 2. The van der Waals surface area contributed by atoms with Gasteiger partial charge in [-0.15, -0.1) is 0 Å². The highest BCUT2D eigenvalue weighted by Gasteiger charge is 2.47. The minimum absolute atomic E-state index is 0.129. The number of aliphatic hydroxyl groups is 1. The third kappa shape index (κ3) is 5.64. The highest BCUT2D eigenvalue weighted by atomic mass is 16.5. The van der Waals surface area contributed by atoms with Crippen molar-refractivity contribution in [2.24, 2.45) is 17.3 Å². The van der Waals surface area contributed by atoms with Gasteiger partial charge in [-0.2, -0.15) is 0 Å². The van der Waals surface area contributed by atoms with Gasteiger partial charge >= 0.3 is 5.97 Å². The molecule has 1 aromatic rings. The van der Waals surface area contributed by atoms with E-state index in [1.54, 1.807) is 6.07 Å². The van der Waals surface area contributed by atoms with E-state index in [-0.39, 0.29) is 24.2 Å². The third-order valence-electron chi connectivity index (χ3n) is 6.71. The van der Waals surface area contributed by atoms with Crippen LogP contribution in [0.4, 0.5) is 0 Å². The highest BCUT2D eigenvalue weighted by Crippen LogP contribution is 2.46. The van der Waals surface area contributed by atoms with Crippen molar-refractivity contribution in [3.8, 4) is 5.75 Å². The van der Waals surface area contributed by atoms with E-state index in [4.69, 9.17) is 14.6 Å². The first-order valence-corrected chi connectivity index (χ1v) is 11.3.